The van der Waals surface area contributed by atoms with Gasteiger partial charge >= 0.3 is 0 Å². The summed E-state index contributed by atoms with van der Waals surface area (Å²) in [6.07, 6.45) is 0. The van der Waals surface area contributed by atoms with Crippen molar-refractivity contribution in [3.8, 4) is 33.6 Å². The molecule has 0 radical (unpaired) electrons. The summed E-state index contributed by atoms with van der Waals surface area (Å²) in [5.74, 6) is 0. The Bertz CT molecular complexity index is 4730. The number of hydrogen-bond donors (Lipinski definition) is 0. The van der Waals surface area contributed by atoms with Crippen LogP contribution in [0.1, 0.15) is 0 Å². The van der Waals surface area contributed by atoms with E-state index in [1.807, 2.05) is 0 Å². The molecule has 0 unspecified atom stereocenters. The zero-order valence-corrected chi connectivity index (χ0v) is 37.4. The maximum Gasteiger partial charge on any atom is 0.0622 e. The first-order chi connectivity index (χ1) is 34.2. The fourth-order valence-electron chi connectivity index (χ4n) is 12.3. The van der Waals surface area contributed by atoms with Crippen LogP contribution in [0.5, 0.6) is 0 Å². The smallest absolute Gasteiger partial charge is 0.0622 e. The molecule has 16 rings (SSSR count). The molecular formula is C66H39N3. The Labute approximate surface area is 395 Å². The Hall–Kier alpha value is -9.18. The molecule has 0 fully saturated rings. The van der Waals surface area contributed by atoms with E-state index in [1.165, 1.54) is 148 Å². The maximum absolute atomic E-state index is 2.48. The number of nitrogens with zero attached hydrogens (tertiary/aromatic N) is 3. The first kappa shape index (κ1) is 37.0. The van der Waals surface area contributed by atoms with Crippen molar-refractivity contribution in [2.75, 3.05) is 0 Å². The molecule has 0 aliphatic heterocycles. The summed E-state index contributed by atoms with van der Waals surface area (Å²) in [5.41, 5.74) is 15.9. The molecule has 0 atom stereocenters. The predicted octanol–water partition coefficient (Wildman–Crippen LogP) is 17.8. The molecule has 4 aromatic heterocycles. The first-order valence-electron chi connectivity index (χ1n) is 23.9. The average molecular weight is 874 g/mol. The van der Waals surface area contributed by atoms with Crippen molar-refractivity contribution in [1.82, 2.24) is 13.5 Å². The summed E-state index contributed by atoms with van der Waals surface area (Å²) in [7, 11) is 0. The molecule has 318 valence electrons. The van der Waals surface area contributed by atoms with Crippen LogP contribution in [0.25, 0.3) is 148 Å². The third kappa shape index (κ3) is 5.06. The van der Waals surface area contributed by atoms with E-state index in [0.717, 1.165) is 0 Å². The van der Waals surface area contributed by atoms with Crippen LogP contribution in [0.3, 0.4) is 0 Å². The van der Waals surface area contributed by atoms with Crippen LogP contribution in [0, 0.1) is 0 Å². The van der Waals surface area contributed by atoms with Gasteiger partial charge in [0.15, 0.2) is 0 Å². The van der Waals surface area contributed by atoms with Crippen LogP contribution in [0.4, 0.5) is 0 Å². The third-order valence-corrected chi connectivity index (χ3v) is 15.3. The number of benzene rings is 12. The van der Waals surface area contributed by atoms with Crippen LogP contribution >= 0.6 is 0 Å². The third-order valence-electron chi connectivity index (χ3n) is 15.3. The molecule has 0 N–H and O–H groups in total. The zero-order chi connectivity index (χ0) is 44.9. The molecule has 16 aromatic rings. The lowest BCUT2D eigenvalue weighted by atomic mass is 9.90. The molecule has 0 bridgehead atoms. The minimum absolute atomic E-state index is 1.17. The second kappa shape index (κ2) is 13.7. The van der Waals surface area contributed by atoms with E-state index in [1.54, 1.807) is 0 Å². The van der Waals surface area contributed by atoms with E-state index in [9.17, 15) is 0 Å². The predicted molar refractivity (Wildman–Crippen MR) is 293 cm³/mol. The minimum Gasteiger partial charge on any atom is -0.309 e. The molecular weight excluding hydrogens is 835 g/mol. The topological polar surface area (TPSA) is 14.3 Å². The Kier molecular flexibility index (Phi) is 7.34. The largest absolute Gasteiger partial charge is 0.309 e. The number of para-hydroxylation sites is 5. The van der Waals surface area contributed by atoms with Gasteiger partial charge in [0.1, 0.15) is 0 Å². The van der Waals surface area contributed by atoms with Crippen molar-refractivity contribution in [2.24, 2.45) is 0 Å². The van der Waals surface area contributed by atoms with Crippen LogP contribution in [-0.4, -0.2) is 13.5 Å². The minimum atomic E-state index is 1.17. The van der Waals surface area contributed by atoms with Crippen molar-refractivity contribution >= 4 is 114 Å². The molecule has 69 heavy (non-hydrogen) atoms. The summed E-state index contributed by atoms with van der Waals surface area (Å²) in [4.78, 5) is 0. The number of aromatic nitrogens is 3. The molecule has 3 heteroatoms. The second-order valence-electron chi connectivity index (χ2n) is 18.8. The van der Waals surface area contributed by atoms with Crippen LogP contribution in [-0.2, 0) is 0 Å². The van der Waals surface area contributed by atoms with Gasteiger partial charge in [-0.25, -0.2) is 0 Å². The number of rotatable bonds is 4. The summed E-state index contributed by atoms with van der Waals surface area (Å²) in [6.45, 7) is 0. The van der Waals surface area contributed by atoms with Crippen molar-refractivity contribution in [3.05, 3.63) is 237 Å². The van der Waals surface area contributed by atoms with Gasteiger partial charge in [0, 0.05) is 54.5 Å². The zero-order valence-electron chi connectivity index (χ0n) is 37.4. The van der Waals surface area contributed by atoms with Crippen LogP contribution in [0.2, 0.25) is 0 Å². The highest BCUT2D eigenvalue weighted by Gasteiger charge is 2.21. The Morgan fingerprint density at radius 3 is 1.00 bits per heavy atom. The fraction of sp³-hybridized carbons (Fsp3) is 0. The van der Waals surface area contributed by atoms with E-state index in [4.69, 9.17) is 0 Å². The number of hydrogen-bond acceptors (Lipinski definition) is 0. The van der Waals surface area contributed by atoms with Gasteiger partial charge in [0.2, 0.25) is 0 Å². The summed E-state index contributed by atoms with van der Waals surface area (Å²) >= 11 is 0. The molecule has 0 saturated heterocycles. The molecule has 0 saturated carbocycles. The van der Waals surface area contributed by atoms with Gasteiger partial charge in [-0.1, -0.05) is 152 Å². The lowest BCUT2D eigenvalue weighted by Gasteiger charge is -2.14. The van der Waals surface area contributed by atoms with E-state index in [2.05, 4.69) is 250 Å². The van der Waals surface area contributed by atoms with E-state index < -0.39 is 0 Å². The summed E-state index contributed by atoms with van der Waals surface area (Å²) in [5, 5.41) is 17.8. The lowest BCUT2D eigenvalue weighted by molar-refractivity contribution is 1.18. The van der Waals surface area contributed by atoms with E-state index in [-0.39, 0.29) is 0 Å². The summed E-state index contributed by atoms with van der Waals surface area (Å²) in [6, 6.07) is 88.0. The highest BCUT2D eigenvalue weighted by atomic mass is 15.0. The normalized spacial score (nSPS) is 12.3. The van der Waals surface area contributed by atoms with E-state index in [0.29, 0.717) is 0 Å². The first-order valence-corrected chi connectivity index (χ1v) is 23.9. The molecule has 12 aromatic carbocycles. The van der Waals surface area contributed by atoms with Crippen molar-refractivity contribution in [2.45, 2.75) is 0 Å². The molecule has 0 amide bonds. The van der Waals surface area contributed by atoms with E-state index >= 15 is 0 Å². The average Bonchev–Trinajstić information content (AvgIpc) is 4.15. The van der Waals surface area contributed by atoms with Gasteiger partial charge < -0.3 is 13.5 Å². The van der Waals surface area contributed by atoms with Gasteiger partial charge in [-0.05, 0) is 140 Å². The Morgan fingerprint density at radius 2 is 0.522 bits per heavy atom. The molecule has 3 nitrogen and oxygen atoms in total. The molecule has 0 aliphatic carbocycles. The van der Waals surface area contributed by atoms with Gasteiger partial charge in [-0.2, -0.15) is 0 Å². The van der Waals surface area contributed by atoms with Crippen molar-refractivity contribution < 1.29 is 0 Å². The second-order valence-corrected chi connectivity index (χ2v) is 18.8. The monoisotopic (exact) mass is 873 g/mol. The molecule has 0 aliphatic rings. The van der Waals surface area contributed by atoms with Crippen LogP contribution < -0.4 is 0 Å². The standard InChI is InChI=1S/C66H39N3/c1-2-14-44(15-3-1)67-60-22-10-6-18-50(60)56-36-42(28-32-64(56)67)40-26-30-48-49-31-27-41(35-55(49)47-17-5-4-16-46(47)54(48)34-40)43-29-33-65-57(37-43)51-19-7-11-23-61(51)68(65)45-38-58-52-20-8-12-24-62(52)69-63-25-13-9-21-53(63)59(39-45)66(58)69/h1-39H. The summed E-state index contributed by atoms with van der Waals surface area (Å²) < 4.78 is 7.32. The van der Waals surface area contributed by atoms with Gasteiger partial charge in [0.05, 0.1) is 38.6 Å². The maximum atomic E-state index is 2.48. The molecule has 0 spiro atoms. The van der Waals surface area contributed by atoms with Crippen molar-refractivity contribution in [3.63, 3.8) is 0 Å². The lowest BCUT2D eigenvalue weighted by Crippen LogP contribution is -1.94. The van der Waals surface area contributed by atoms with Gasteiger partial charge in [-0.3, -0.25) is 0 Å². The molecule has 4 heterocycles. The fourth-order valence-corrected chi connectivity index (χ4v) is 12.3. The quantitative estimate of drug-likeness (QED) is 0.156. The highest BCUT2D eigenvalue weighted by molar-refractivity contribution is 6.27. The van der Waals surface area contributed by atoms with Gasteiger partial charge in [0.25, 0.3) is 0 Å². The Balaban J connectivity index is 0.845. The Morgan fingerprint density at radius 1 is 0.188 bits per heavy atom. The SMILES string of the molecule is c1ccc(-n2c3ccccc3c3cc(-c4ccc5c6ccc(-c7ccc8c(c7)c7ccccc7n8-c7cc8c9ccccc9n9c%10ccccc%10c(c7)c89)cc6c6ccccc6c5c4)ccc32)cc1. The van der Waals surface area contributed by atoms with Crippen molar-refractivity contribution in [1.29, 1.82) is 0 Å². The number of fused-ring (bicyclic) bond motifs is 18. The van der Waals surface area contributed by atoms with Crippen LogP contribution in [0.15, 0.2) is 237 Å². The highest BCUT2D eigenvalue weighted by Crippen LogP contribution is 2.44. The van der Waals surface area contributed by atoms with Gasteiger partial charge in [-0.15, -0.1) is 0 Å².